The summed E-state index contributed by atoms with van der Waals surface area (Å²) in [5.41, 5.74) is 0.586. The van der Waals surface area contributed by atoms with Gasteiger partial charge in [-0.05, 0) is 5.56 Å². The minimum atomic E-state index is -2.13. The first-order valence-electron chi connectivity index (χ1n) is 28.3. The topological polar surface area (TPSA) is 573 Å². The lowest BCUT2D eigenvalue weighted by molar-refractivity contribution is -0.364. The summed E-state index contributed by atoms with van der Waals surface area (Å²) in [5.74, 6) is 0. The quantitative estimate of drug-likeness (QED) is 0.0432. The summed E-state index contributed by atoms with van der Waals surface area (Å²) >= 11 is 0. The highest BCUT2D eigenvalue weighted by Crippen LogP contribution is 2.36. The Morgan fingerprint density at radius 1 is 0.250 bits per heavy atom. The summed E-state index contributed by atoms with van der Waals surface area (Å²) in [4.78, 5) is 0. The Labute approximate surface area is 498 Å². The number of ether oxygens (including phenoxy) is 16. The van der Waals surface area contributed by atoms with Crippen molar-refractivity contribution in [2.75, 3.05) is 52.9 Å². The van der Waals surface area contributed by atoms with E-state index in [9.17, 15) is 107 Å². The smallest absolute Gasteiger partial charge is 0.187 e. The lowest BCUT2D eigenvalue weighted by Gasteiger charge is -2.45. The number of hydrogen-bond acceptors (Lipinski definition) is 37. The van der Waals surface area contributed by atoms with Crippen LogP contribution in [-0.4, -0.2) is 381 Å². The monoisotopic (exact) mass is 1280 g/mol. The molecule has 1 aromatic carbocycles. The van der Waals surface area contributed by atoms with Crippen molar-refractivity contribution < 1.29 is 183 Å². The van der Waals surface area contributed by atoms with Crippen LogP contribution in [0.15, 0.2) is 30.3 Å². The van der Waals surface area contributed by atoms with Crippen LogP contribution in [0, 0.1) is 0 Å². The van der Waals surface area contributed by atoms with E-state index in [4.69, 9.17) is 75.8 Å². The molecule has 8 heterocycles. The van der Waals surface area contributed by atoms with Crippen molar-refractivity contribution in [2.45, 2.75) is 228 Å². The first-order chi connectivity index (χ1) is 42.0. The number of rotatable bonds is 25. The molecule has 8 aliphatic rings. The van der Waals surface area contributed by atoms with Gasteiger partial charge >= 0.3 is 0 Å². The van der Waals surface area contributed by atoms with Crippen LogP contribution in [0.3, 0.4) is 0 Å². The maximum Gasteiger partial charge on any atom is 0.187 e. The molecule has 506 valence electrons. The second-order valence-corrected chi connectivity index (χ2v) is 22.4. The molecule has 88 heavy (non-hydrogen) atoms. The molecule has 0 aliphatic carbocycles. The molecule has 9 rings (SSSR count). The Kier molecular flexibility index (Phi) is 24.6. The maximum absolute atomic E-state index is 11.6. The predicted octanol–water partition coefficient (Wildman–Crippen LogP) is -13.7. The fourth-order valence-electron chi connectivity index (χ4n) is 11.0. The van der Waals surface area contributed by atoms with Gasteiger partial charge < -0.3 is 183 Å². The molecule has 37 nitrogen and oxygen atoms in total. The molecular weight excluding hydrogens is 1200 g/mol. The van der Waals surface area contributed by atoms with E-state index in [0.29, 0.717) is 5.56 Å². The molecule has 1 aromatic rings. The lowest BCUT2D eigenvalue weighted by atomic mass is 9.97. The number of hydrogen-bond donors (Lipinski definition) is 21. The van der Waals surface area contributed by atoms with Gasteiger partial charge in [-0.2, -0.15) is 0 Å². The minimum Gasteiger partial charge on any atom is -0.394 e. The highest BCUT2D eigenvalue weighted by molar-refractivity contribution is 5.13. The van der Waals surface area contributed by atoms with Crippen molar-refractivity contribution in [1.82, 2.24) is 0 Å². The summed E-state index contributed by atoms with van der Waals surface area (Å²) in [6.45, 7) is -6.07. The lowest BCUT2D eigenvalue weighted by Crippen LogP contribution is -2.64. The SMILES string of the molecule is OC[C@@H]1O[C@@H](OC[C@@H]2O[C@@H](O[C@H]3[C@H](OCc4ccccc4)O[C@H](CO[C@@H]4O[C@H](CO[C@@H]5O[C@H](CO[C@@H]6O[C@H](CO)[C@H](O)[C@H](O)[C@H]6O)[C@H](O)[C@H](O)[C@H]5O[C@@H]5O[C@@H](CO[C@@H]6O[C@@H](CO)[C@H](O)[C@H]6O)[C@H](O)[C@H]5O)[C@H](O)[C@H](O)[C@H]4O)[C@H](O)[C@@H]3O)[C@H](O)[C@H]2O)[C@H](O)[C@H]1O. The highest BCUT2D eigenvalue weighted by Gasteiger charge is 2.56. The van der Waals surface area contributed by atoms with E-state index in [-0.39, 0.29) is 6.61 Å². The van der Waals surface area contributed by atoms with Crippen LogP contribution in [0.4, 0.5) is 0 Å². The van der Waals surface area contributed by atoms with Crippen LogP contribution in [0.5, 0.6) is 0 Å². The van der Waals surface area contributed by atoms with E-state index in [1.165, 1.54) is 0 Å². The molecule has 8 fully saturated rings. The summed E-state index contributed by atoms with van der Waals surface area (Å²) in [7, 11) is 0. The molecule has 36 atom stereocenters. The molecule has 37 heteroatoms. The summed E-state index contributed by atoms with van der Waals surface area (Å²) < 4.78 is 91.2. The van der Waals surface area contributed by atoms with Gasteiger partial charge in [0.2, 0.25) is 0 Å². The van der Waals surface area contributed by atoms with E-state index in [2.05, 4.69) is 0 Å². The third-order valence-corrected chi connectivity index (χ3v) is 16.4. The highest BCUT2D eigenvalue weighted by atomic mass is 16.8. The van der Waals surface area contributed by atoms with Crippen LogP contribution in [0.25, 0.3) is 0 Å². The van der Waals surface area contributed by atoms with E-state index >= 15 is 0 Å². The molecule has 0 radical (unpaired) electrons. The Morgan fingerprint density at radius 2 is 0.489 bits per heavy atom. The van der Waals surface area contributed by atoms with E-state index in [1.807, 2.05) is 0 Å². The second-order valence-electron chi connectivity index (χ2n) is 22.4. The average Bonchev–Trinajstić information content (AvgIpc) is 2.43. The Balaban J connectivity index is 0.858. The van der Waals surface area contributed by atoms with Crippen molar-refractivity contribution >= 4 is 0 Å². The van der Waals surface area contributed by atoms with Gasteiger partial charge in [-0.3, -0.25) is 0 Å². The van der Waals surface area contributed by atoms with Gasteiger partial charge in [-0.15, -0.1) is 0 Å². The van der Waals surface area contributed by atoms with Gasteiger partial charge in [-0.25, -0.2) is 0 Å². The largest absolute Gasteiger partial charge is 0.394 e. The van der Waals surface area contributed by atoms with Crippen molar-refractivity contribution in [3.8, 4) is 0 Å². The normalized spacial score (nSPS) is 50.1. The van der Waals surface area contributed by atoms with E-state index in [0.717, 1.165) is 0 Å². The molecule has 0 unspecified atom stereocenters. The van der Waals surface area contributed by atoms with Crippen LogP contribution in [-0.2, 0) is 82.4 Å². The average molecular weight is 1290 g/mol. The van der Waals surface area contributed by atoms with Crippen LogP contribution in [0.2, 0.25) is 0 Å². The Hall–Kier alpha value is -2.26. The summed E-state index contributed by atoms with van der Waals surface area (Å²) in [5, 5.41) is 224. The zero-order chi connectivity index (χ0) is 63.6. The van der Waals surface area contributed by atoms with Crippen LogP contribution in [0.1, 0.15) is 5.56 Å². The third kappa shape index (κ3) is 15.3. The van der Waals surface area contributed by atoms with Crippen LogP contribution < -0.4 is 0 Å². The number of aliphatic hydroxyl groups is 21. The van der Waals surface area contributed by atoms with Gasteiger partial charge in [0.15, 0.2) is 50.3 Å². The third-order valence-electron chi connectivity index (χ3n) is 16.4. The number of aliphatic hydroxyl groups excluding tert-OH is 21. The Morgan fingerprint density at radius 3 is 0.841 bits per heavy atom. The second kappa shape index (κ2) is 30.9. The van der Waals surface area contributed by atoms with Crippen LogP contribution >= 0.6 is 0 Å². The molecular formula is C51H80O37. The van der Waals surface area contributed by atoms with E-state index < -0.39 is 274 Å². The zero-order valence-corrected chi connectivity index (χ0v) is 46.5. The Bertz CT molecular complexity index is 2250. The molecule has 21 N–H and O–H groups in total. The van der Waals surface area contributed by atoms with E-state index in [1.54, 1.807) is 30.3 Å². The molecule has 0 bridgehead atoms. The van der Waals surface area contributed by atoms with Crippen molar-refractivity contribution in [3.05, 3.63) is 35.9 Å². The van der Waals surface area contributed by atoms with Gasteiger partial charge in [0.1, 0.15) is 171 Å². The van der Waals surface area contributed by atoms with Crippen molar-refractivity contribution in [1.29, 1.82) is 0 Å². The minimum absolute atomic E-state index is 0.207. The fraction of sp³-hybridized carbons (Fsp3) is 0.882. The molecule has 0 spiro atoms. The summed E-state index contributed by atoms with van der Waals surface area (Å²) in [6.07, 6.45) is -62.9. The molecule has 8 aliphatic heterocycles. The number of benzene rings is 1. The van der Waals surface area contributed by atoms with Gasteiger partial charge in [0.05, 0.1) is 59.5 Å². The molecule has 0 amide bonds. The first-order valence-corrected chi connectivity index (χ1v) is 28.3. The summed E-state index contributed by atoms with van der Waals surface area (Å²) in [6, 6.07) is 8.48. The van der Waals surface area contributed by atoms with Gasteiger partial charge in [0, 0.05) is 0 Å². The molecule has 0 saturated carbocycles. The first kappa shape index (κ1) is 70.1. The van der Waals surface area contributed by atoms with Gasteiger partial charge in [0.25, 0.3) is 0 Å². The predicted molar refractivity (Wildman–Crippen MR) is 269 cm³/mol. The molecule has 8 saturated heterocycles. The maximum atomic E-state index is 11.6. The fourth-order valence-corrected chi connectivity index (χ4v) is 11.0. The zero-order valence-electron chi connectivity index (χ0n) is 46.5. The van der Waals surface area contributed by atoms with Crippen molar-refractivity contribution in [2.24, 2.45) is 0 Å². The van der Waals surface area contributed by atoms with Gasteiger partial charge in [-0.1, -0.05) is 30.3 Å². The van der Waals surface area contributed by atoms with Crippen molar-refractivity contribution in [3.63, 3.8) is 0 Å². The molecule has 0 aromatic heterocycles. The standard InChI is InChI=1S/C51H80O37/c52-6-16-24(55)32(63)40(71)46(79-16)76-10-21-29(60)35(66)43(88-49-39(70)31(62)23(84-49)13-75-45-37(68)26(57)18(8-54)81-45)51(86-21)78-14-19-27(58)33(64)41(72)47(82-19)77-11-20-28(59)34(65)42(50(85-20)73-9-15-4-2-1-3-5-15)87-48-38(69)30(61)22(83-48)12-74-44-36(67)25(56)17(7-53)80-44/h1-5,16-72H,6-14H2/t16-,17+,18+,19-,20-,21-,22+,23+,24+,25+,26+,27+,28+,29+,30+,31+,32+,33+,34+,35+,36-,37-,38-,39-,40-,41-,42-,43-,44-,45-,46-,47-,48+,49+,50-,51-/m1/s1.